The number of hydrogen-bond donors (Lipinski definition) is 0. The fraction of sp³-hybridized carbons (Fsp3) is 0.789. The summed E-state index contributed by atoms with van der Waals surface area (Å²) in [5.41, 5.74) is 0. The van der Waals surface area contributed by atoms with Crippen LogP contribution in [-0.2, 0) is 11.3 Å². The highest BCUT2D eigenvalue weighted by Crippen LogP contribution is 2.33. The molecule has 5 heteroatoms. The Labute approximate surface area is 154 Å². The molecule has 4 rings (SSSR count). The second kappa shape index (κ2) is 8.54. The fourth-order valence-corrected chi connectivity index (χ4v) is 6.40. The lowest BCUT2D eigenvalue weighted by Crippen LogP contribution is -2.50. The Morgan fingerprint density at radius 3 is 2.58 bits per heavy atom. The van der Waals surface area contributed by atoms with E-state index in [0.29, 0.717) is 6.10 Å². The summed E-state index contributed by atoms with van der Waals surface area (Å²) >= 11 is 4.11. The van der Waals surface area contributed by atoms with Crippen molar-refractivity contribution in [2.24, 2.45) is 0 Å². The molecule has 0 saturated carbocycles. The minimum Gasteiger partial charge on any atom is -0.373 e. The lowest BCUT2D eigenvalue weighted by molar-refractivity contribution is 0.0172. The molecule has 1 aromatic rings. The zero-order valence-corrected chi connectivity index (χ0v) is 16.3. The van der Waals surface area contributed by atoms with Gasteiger partial charge in [0.25, 0.3) is 0 Å². The summed E-state index contributed by atoms with van der Waals surface area (Å²) in [6.45, 7) is 7.07. The normalized spacial score (nSPS) is 28.2. The van der Waals surface area contributed by atoms with Crippen LogP contribution in [0.25, 0.3) is 0 Å². The fourth-order valence-electron chi connectivity index (χ4n) is 4.17. The van der Waals surface area contributed by atoms with Gasteiger partial charge in [0, 0.05) is 55.1 Å². The van der Waals surface area contributed by atoms with Gasteiger partial charge in [-0.3, -0.25) is 9.80 Å². The lowest BCUT2D eigenvalue weighted by Gasteiger charge is -2.40. The van der Waals surface area contributed by atoms with Crippen LogP contribution in [0.3, 0.4) is 0 Å². The first-order valence-corrected chi connectivity index (χ1v) is 11.6. The maximum absolute atomic E-state index is 5.94. The summed E-state index contributed by atoms with van der Waals surface area (Å²) in [7, 11) is 0. The van der Waals surface area contributed by atoms with E-state index in [4.69, 9.17) is 4.74 Å². The number of nitrogens with zero attached hydrogens (tertiary/aromatic N) is 2. The van der Waals surface area contributed by atoms with Crippen molar-refractivity contribution >= 4 is 23.1 Å². The summed E-state index contributed by atoms with van der Waals surface area (Å²) in [6, 6.07) is 5.51. The van der Waals surface area contributed by atoms with E-state index in [2.05, 4.69) is 33.7 Å². The topological polar surface area (TPSA) is 15.7 Å². The average Bonchev–Trinajstić information content (AvgIpc) is 3.12. The Morgan fingerprint density at radius 1 is 1.00 bits per heavy atom. The third kappa shape index (κ3) is 4.36. The van der Waals surface area contributed by atoms with Gasteiger partial charge >= 0.3 is 0 Å². The molecular weight excluding hydrogens is 336 g/mol. The van der Waals surface area contributed by atoms with Crippen LogP contribution in [0.1, 0.15) is 48.0 Å². The predicted octanol–water partition coefficient (Wildman–Crippen LogP) is 4.00. The van der Waals surface area contributed by atoms with Gasteiger partial charge in [-0.2, -0.15) is 11.8 Å². The van der Waals surface area contributed by atoms with Gasteiger partial charge in [0.05, 0.1) is 6.10 Å². The summed E-state index contributed by atoms with van der Waals surface area (Å²) in [5.74, 6) is 2.73. The molecule has 1 aromatic heterocycles. The molecule has 0 spiro atoms. The van der Waals surface area contributed by atoms with Crippen molar-refractivity contribution in [3.8, 4) is 0 Å². The van der Waals surface area contributed by atoms with E-state index >= 15 is 0 Å². The molecule has 4 heterocycles. The molecule has 3 fully saturated rings. The van der Waals surface area contributed by atoms with Crippen LogP contribution >= 0.6 is 23.1 Å². The van der Waals surface area contributed by atoms with Crippen LogP contribution in [0.4, 0.5) is 0 Å². The summed E-state index contributed by atoms with van der Waals surface area (Å²) < 4.78 is 5.94. The molecule has 3 aliphatic rings. The largest absolute Gasteiger partial charge is 0.373 e. The van der Waals surface area contributed by atoms with Gasteiger partial charge in [0.1, 0.15) is 0 Å². The number of hydrogen-bond acceptors (Lipinski definition) is 5. The van der Waals surface area contributed by atoms with Crippen molar-refractivity contribution < 1.29 is 4.74 Å². The highest BCUT2D eigenvalue weighted by Gasteiger charge is 2.25. The van der Waals surface area contributed by atoms with Crippen molar-refractivity contribution in [1.82, 2.24) is 9.80 Å². The first kappa shape index (κ1) is 17.3. The zero-order chi connectivity index (χ0) is 16.2. The van der Waals surface area contributed by atoms with Gasteiger partial charge in [-0.1, -0.05) is 0 Å². The molecule has 0 aromatic carbocycles. The summed E-state index contributed by atoms with van der Waals surface area (Å²) in [5, 5.41) is 0. The van der Waals surface area contributed by atoms with E-state index in [1.807, 2.05) is 11.3 Å². The molecule has 24 heavy (non-hydrogen) atoms. The zero-order valence-electron chi connectivity index (χ0n) is 14.6. The minimum atomic E-state index is 0.374. The number of piperazine rings is 1. The first-order valence-electron chi connectivity index (χ1n) is 9.63. The average molecular weight is 367 g/mol. The van der Waals surface area contributed by atoms with E-state index in [-0.39, 0.29) is 0 Å². The van der Waals surface area contributed by atoms with E-state index in [0.717, 1.165) is 19.2 Å². The van der Waals surface area contributed by atoms with E-state index in [9.17, 15) is 0 Å². The van der Waals surface area contributed by atoms with Crippen LogP contribution in [-0.4, -0.2) is 60.1 Å². The second-order valence-electron chi connectivity index (χ2n) is 7.31. The lowest BCUT2D eigenvalue weighted by atomic mass is 10.1. The van der Waals surface area contributed by atoms with Gasteiger partial charge in [-0.05, 0) is 55.7 Å². The van der Waals surface area contributed by atoms with Crippen LogP contribution in [0, 0.1) is 0 Å². The van der Waals surface area contributed by atoms with Crippen LogP contribution in [0.15, 0.2) is 12.1 Å². The van der Waals surface area contributed by atoms with Crippen LogP contribution in [0.5, 0.6) is 0 Å². The first-order chi connectivity index (χ1) is 11.9. The van der Waals surface area contributed by atoms with E-state index in [1.54, 1.807) is 0 Å². The van der Waals surface area contributed by atoms with Crippen molar-refractivity contribution in [3.63, 3.8) is 0 Å². The predicted molar refractivity (Wildman–Crippen MR) is 104 cm³/mol. The van der Waals surface area contributed by atoms with Gasteiger partial charge in [-0.25, -0.2) is 0 Å². The van der Waals surface area contributed by atoms with E-state index < -0.39 is 0 Å². The third-order valence-electron chi connectivity index (χ3n) is 5.67. The molecule has 0 unspecified atom stereocenters. The smallest absolute Gasteiger partial charge is 0.0916 e. The molecule has 1 atom stereocenters. The molecular formula is C19H30N2OS2. The molecule has 0 bridgehead atoms. The summed E-state index contributed by atoms with van der Waals surface area (Å²) in [6.07, 6.45) is 6.94. The Bertz CT molecular complexity index is 501. The monoisotopic (exact) mass is 366 g/mol. The highest BCUT2D eigenvalue weighted by atomic mass is 32.2. The number of rotatable bonds is 4. The summed E-state index contributed by atoms with van der Waals surface area (Å²) in [4.78, 5) is 8.36. The second-order valence-corrected chi connectivity index (χ2v) is 9.74. The molecule has 0 amide bonds. The number of thioether (sulfide) groups is 1. The van der Waals surface area contributed by atoms with Gasteiger partial charge < -0.3 is 4.74 Å². The molecule has 0 radical (unpaired) electrons. The molecule has 3 nitrogen and oxygen atoms in total. The molecule has 0 N–H and O–H groups in total. The van der Waals surface area contributed by atoms with Gasteiger partial charge in [0.15, 0.2) is 0 Å². The van der Waals surface area contributed by atoms with Gasteiger partial charge in [0.2, 0.25) is 0 Å². The standard InChI is InChI=1S/C19H30N2OS2/c1-2-12-22-18(3-1)19-5-4-17(24-19)15-20-8-10-21(11-9-20)16-6-13-23-14-7-16/h4-5,16,18H,1-3,6-15H2/t18-/m0/s1. The van der Waals surface area contributed by atoms with E-state index in [1.165, 1.54) is 79.5 Å². The number of thiophene rings is 1. The van der Waals surface area contributed by atoms with Gasteiger partial charge in [-0.15, -0.1) is 11.3 Å². The van der Waals surface area contributed by atoms with Crippen molar-refractivity contribution in [2.45, 2.75) is 50.8 Å². The van der Waals surface area contributed by atoms with Crippen molar-refractivity contribution in [3.05, 3.63) is 21.9 Å². The Morgan fingerprint density at radius 2 is 1.83 bits per heavy atom. The Kier molecular flexibility index (Phi) is 6.17. The molecule has 3 saturated heterocycles. The Balaban J connectivity index is 1.25. The van der Waals surface area contributed by atoms with Crippen molar-refractivity contribution in [2.75, 3.05) is 44.3 Å². The molecule has 0 aliphatic carbocycles. The third-order valence-corrected chi connectivity index (χ3v) is 7.88. The minimum absolute atomic E-state index is 0.374. The highest BCUT2D eigenvalue weighted by molar-refractivity contribution is 7.99. The van der Waals surface area contributed by atoms with Crippen LogP contribution < -0.4 is 0 Å². The molecule has 134 valence electrons. The maximum Gasteiger partial charge on any atom is 0.0916 e. The number of ether oxygens (including phenoxy) is 1. The molecule has 3 aliphatic heterocycles. The maximum atomic E-state index is 5.94. The van der Waals surface area contributed by atoms with Crippen molar-refractivity contribution in [1.29, 1.82) is 0 Å². The Hall–Kier alpha value is -0.0700. The SMILES string of the molecule is c1cc([C@@H]2CCCCO2)sc1CN1CCN(C2CCSCC2)CC1. The quantitative estimate of drug-likeness (QED) is 0.800. The van der Waals surface area contributed by atoms with Crippen LogP contribution in [0.2, 0.25) is 0 Å².